The quantitative estimate of drug-likeness (QED) is 0.0261. The molecule has 1 saturated heterocycles. The van der Waals surface area contributed by atoms with Crippen molar-refractivity contribution in [3.63, 3.8) is 0 Å². The van der Waals surface area contributed by atoms with E-state index in [0.29, 0.717) is 12.8 Å². The van der Waals surface area contributed by atoms with Gasteiger partial charge in [0.15, 0.2) is 6.29 Å². The fourth-order valence-corrected chi connectivity index (χ4v) is 12.4. The van der Waals surface area contributed by atoms with Crippen LogP contribution in [-0.4, -0.2) is 87.5 Å². The molecule has 1 heterocycles. The van der Waals surface area contributed by atoms with E-state index in [1.54, 1.807) is 0 Å². The molecule has 9 nitrogen and oxygen atoms in total. The maximum atomic E-state index is 13.2. The number of nitrogens with one attached hydrogen (secondary N) is 1. The molecule has 1 aliphatic heterocycles. The lowest BCUT2D eigenvalue weighted by atomic mass is 9.99. The van der Waals surface area contributed by atoms with Crippen LogP contribution in [0.4, 0.5) is 0 Å². The molecule has 0 aliphatic carbocycles. The van der Waals surface area contributed by atoms with E-state index < -0.39 is 49.5 Å². The standard InChI is InChI=1S/C76H145NO8/c1-3-5-7-9-11-13-15-17-19-21-23-25-27-29-31-33-34-35-36-38-39-41-43-45-47-49-51-53-55-57-59-61-63-65-70(79)69(68-84-76-75(83)74(82)73(81)71(67-78)85-76)77-72(80)66-64-62-60-58-56-54-52-50-48-46-44-42-40-37-32-30-28-26-24-22-20-18-16-14-12-10-8-6-4-2/h16,18,22,24,28,30,69-71,73-76,78-79,81-83H,3-15,17,19-21,23,25-27,29,31-68H2,1-2H3,(H,77,80)/b18-16-,24-22-,30-28-. The molecule has 6 N–H and O–H groups in total. The summed E-state index contributed by atoms with van der Waals surface area (Å²) in [5.41, 5.74) is 0. The van der Waals surface area contributed by atoms with E-state index in [1.165, 1.54) is 308 Å². The molecule has 1 rings (SSSR count). The van der Waals surface area contributed by atoms with E-state index >= 15 is 0 Å². The van der Waals surface area contributed by atoms with Crippen LogP contribution in [0.15, 0.2) is 36.5 Å². The van der Waals surface area contributed by atoms with Gasteiger partial charge < -0.3 is 40.3 Å². The van der Waals surface area contributed by atoms with Gasteiger partial charge in [0.2, 0.25) is 5.91 Å². The summed E-state index contributed by atoms with van der Waals surface area (Å²) in [7, 11) is 0. The van der Waals surface area contributed by atoms with Crippen molar-refractivity contribution >= 4 is 5.91 Å². The largest absolute Gasteiger partial charge is 0.394 e. The molecule has 0 radical (unpaired) electrons. The van der Waals surface area contributed by atoms with Crippen molar-refractivity contribution in [1.82, 2.24) is 5.32 Å². The summed E-state index contributed by atoms with van der Waals surface area (Å²) < 4.78 is 11.4. The van der Waals surface area contributed by atoms with Crippen molar-refractivity contribution < 1.29 is 39.8 Å². The van der Waals surface area contributed by atoms with Crippen molar-refractivity contribution in [2.24, 2.45) is 0 Å². The number of aliphatic hydroxyl groups is 5. The minimum absolute atomic E-state index is 0.135. The van der Waals surface area contributed by atoms with Crippen LogP contribution in [0.25, 0.3) is 0 Å². The average Bonchev–Trinajstić information content (AvgIpc) is 3.56. The Hall–Kier alpha value is -1.59. The number of aliphatic hydroxyl groups excluding tert-OH is 5. The summed E-state index contributed by atoms with van der Waals surface area (Å²) in [5, 5.41) is 55.0. The SMILES string of the molecule is CCCCCCC/C=C\C/C=C\C/C=C\CCCCCCCCCCCCCCCCC(=O)NC(COC1OC(CO)C(O)C(O)C1O)C(O)CCCCCCCCCCCCCCCCCCCCCCCCCCCCCCCCCCC. The molecule has 1 amide bonds. The molecule has 0 spiro atoms. The molecular formula is C76H145NO8. The topological polar surface area (TPSA) is 149 Å². The number of unbranched alkanes of at least 4 members (excludes halogenated alkanes) is 51. The maximum Gasteiger partial charge on any atom is 0.220 e. The van der Waals surface area contributed by atoms with Gasteiger partial charge in [0.1, 0.15) is 24.4 Å². The smallest absolute Gasteiger partial charge is 0.220 e. The van der Waals surface area contributed by atoms with Gasteiger partial charge in [-0.3, -0.25) is 4.79 Å². The molecule has 7 unspecified atom stereocenters. The normalized spacial score (nSPS) is 18.2. The molecule has 0 aromatic heterocycles. The van der Waals surface area contributed by atoms with Gasteiger partial charge in [-0.05, 0) is 51.4 Å². The van der Waals surface area contributed by atoms with Crippen LogP contribution in [0.3, 0.4) is 0 Å². The minimum atomic E-state index is -1.55. The van der Waals surface area contributed by atoms with Crippen molar-refractivity contribution in [3.05, 3.63) is 36.5 Å². The number of allylic oxidation sites excluding steroid dienone is 6. The molecule has 0 bridgehead atoms. The number of carbonyl (C=O) groups is 1. The highest BCUT2D eigenvalue weighted by atomic mass is 16.7. The molecule has 7 atom stereocenters. The molecular weight excluding hydrogens is 1050 g/mol. The molecule has 1 fully saturated rings. The van der Waals surface area contributed by atoms with Gasteiger partial charge >= 0.3 is 0 Å². The van der Waals surface area contributed by atoms with E-state index in [4.69, 9.17) is 9.47 Å². The molecule has 0 aromatic carbocycles. The summed E-state index contributed by atoms with van der Waals surface area (Å²) in [4.78, 5) is 13.2. The Morgan fingerprint density at radius 1 is 0.400 bits per heavy atom. The zero-order valence-corrected chi connectivity index (χ0v) is 56.4. The van der Waals surface area contributed by atoms with Crippen LogP contribution >= 0.6 is 0 Å². The molecule has 1 aliphatic rings. The fraction of sp³-hybridized carbons (Fsp3) is 0.908. The van der Waals surface area contributed by atoms with Gasteiger partial charge in [0.25, 0.3) is 0 Å². The Bertz CT molecular complexity index is 1440. The summed E-state index contributed by atoms with van der Waals surface area (Å²) in [5.74, 6) is -0.139. The van der Waals surface area contributed by atoms with Crippen LogP contribution in [0.5, 0.6) is 0 Å². The summed E-state index contributed by atoms with van der Waals surface area (Å²) in [6.07, 6.45) is 80.9. The van der Waals surface area contributed by atoms with E-state index in [-0.39, 0.29) is 12.5 Å². The van der Waals surface area contributed by atoms with Crippen molar-refractivity contribution in [3.8, 4) is 0 Å². The Morgan fingerprint density at radius 3 is 1.02 bits per heavy atom. The summed E-state index contributed by atoms with van der Waals surface area (Å²) in [6.45, 7) is 3.88. The fourth-order valence-electron chi connectivity index (χ4n) is 12.4. The van der Waals surface area contributed by atoms with E-state index in [2.05, 4.69) is 55.6 Å². The van der Waals surface area contributed by atoms with E-state index in [0.717, 1.165) is 51.4 Å². The molecule has 0 saturated carbocycles. The van der Waals surface area contributed by atoms with Crippen LogP contribution in [0.1, 0.15) is 386 Å². The monoisotopic (exact) mass is 1200 g/mol. The number of hydrogen-bond acceptors (Lipinski definition) is 8. The Labute approximate surface area is 527 Å². The third kappa shape index (κ3) is 53.9. The Balaban J connectivity index is 2.08. The minimum Gasteiger partial charge on any atom is -0.394 e. The number of hydrogen-bond donors (Lipinski definition) is 6. The maximum absolute atomic E-state index is 13.2. The Morgan fingerprint density at radius 2 is 0.694 bits per heavy atom. The highest BCUT2D eigenvalue weighted by Crippen LogP contribution is 2.24. The summed E-state index contributed by atoms with van der Waals surface area (Å²) >= 11 is 0. The third-order valence-electron chi connectivity index (χ3n) is 18.2. The first-order valence-corrected chi connectivity index (χ1v) is 37.7. The number of rotatable bonds is 67. The predicted octanol–water partition coefficient (Wildman–Crippen LogP) is 21.0. The average molecular weight is 1200 g/mol. The number of amides is 1. The molecule has 85 heavy (non-hydrogen) atoms. The zero-order chi connectivity index (χ0) is 61.4. The van der Waals surface area contributed by atoms with Crippen LogP contribution in [0.2, 0.25) is 0 Å². The van der Waals surface area contributed by atoms with Crippen LogP contribution in [0, 0.1) is 0 Å². The number of carbonyl (C=O) groups excluding carboxylic acids is 1. The molecule has 9 heteroatoms. The third-order valence-corrected chi connectivity index (χ3v) is 18.2. The van der Waals surface area contributed by atoms with Crippen molar-refractivity contribution in [2.45, 2.75) is 429 Å². The van der Waals surface area contributed by atoms with Crippen molar-refractivity contribution in [2.75, 3.05) is 13.2 Å². The lowest BCUT2D eigenvalue weighted by molar-refractivity contribution is -0.302. The van der Waals surface area contributed by atoms with Gasteiger partial charge in [0, 0.05) is 6.42 Å². The first-order chi connectivity index (χ1) is 41.8. The second kappa shape index (κ2) is 65.4. The van der Waals surface area contributed by atoms with Gasteiger partial charge in [-0.15, -0.1) is 0 Å². The Kier molecular flexibility index (Phi) is 62.6. The van der Waals surface area contributed by atoms with Gasteiger partial charge in [-0.2, -0.15) is 0 Å². The van der Waals surface area contributed by atoms with Gasteiger partial charge in [-0.25, -0.2) is 0 Å². The number of ether oxygens (including phenoxy) is 2. The van der Waals surface area contributed by atoms with Gasteiger partial charge in [0.05, 0.1) is 25.4 Å². The zero-order valence-electron chi connectivity index (χ0n) is 56.4. The van der Waals surface area contributed by atoms with E-state index in [9.17, 15) is 30.3 Å². The second-order valence-corrected chi connectivity index (χ2v) is 26.5. The highest BCUT2D eigenvalue weighted by molar-refractivity contribution is 5.76. The first-order valence-electron chi connectivity index (χ1n) is 37.7. The predicted molar refractivity (Wildman–Crippen MR) is 364 cm³/mol. The van der Waals surface area contributed by atoms with Crippen LogP contribution in [-0.2, 0) is 14.3 Å². The summed E-state index contributed by atoms with van der Waals surface area (Å²) in [6, 6.07) is -0.722. The lowest BCUT2D eigenvalue weighted by Crippen LogP contribution is -2.60. The molecule has 0 aromatic rings. The lowest BCUT2D eigenvalue weighted by Gasteiger charge is -2.40. The highest BCUT2D eigenvalue weighted by Gasteiger charge is 2.44. The van der Waals surface area contributed by atoms with E-state index in [1.807, 2.05) is 0 Å². The second-order valence-electron chi connectivity index (χ2n) is 26.5. The van der Waals surface area contributed by atoms with Crippen LogP contribution < -0.4 is 5.32 Å². The molecule has 502 valence electrons. The van der Waals surface area contributed by atoms with Gasteiger partial charge in [-0.1, -0.05) is 365 Å². The van der Waals surface area contributed by atoms with Crippen molar-refractivity contribution in [1.29, 1.82) is 0 Å². The first kappa shape index (κ1) is 81.4.